The third-order valence-electron chi connectivity index (χ3n) is 1.40. The van der Waals surface area contributed by atoms with E-state index in [0.717, 1.165) is 6.29 Å². The van der Waals surface area contributed by atoms with Gasteiger partial charge in [-0.1, -0.05) is 6.08 Å². The molecule has 0 aromatic carbocycles. The minimum Gasteiger partial charge on any atom is -0.466 e. The van der Waals surface area contributed by atoms with Gasteiger partial charge in [0.05, 0.1) is 7.11 Å². The zero-order valence-corrected chi connectivity index (χ0v) is 7.88. The third kappa shape index (κ3) is 3.32. The number of methoxy groups -OCH3 is 1. The van der Waals surface area contributed by atoms with Crippen molar-refractivity contribution in [3.05, 3.63) is 11.6 Å². The van der Waals surface area contributed by atoms with E-state index < -0.39 is 11.4 Å². The molecule has 0 aliphatic heterocycles. The maximum atomic E-state index is 10.9. The van der Waals surface area contributed by atoms with Crippen molar-refractivity contribution in [1.29, 1.82) is 0 Å². The Balaban J connectivity index is 4.55. The highest BCUT2D eigenvalue weighted by atomic mass is 16.5. The zero-order chi connectivity index (χ0) is 9.78. The lowest BCUT2D eigenvalue weighted by Gasteiger charge is -2.11. The van der Waals surface area contributed by atoms with E-state index in [1.807, 2.05) is 0 Å². The predicted octanol–water partition coefficient (Wildman–Crippen LogP) is 1.33. The normalized spacial score (nSPS) is 12.5. The van der Waals surface area contributed by atoms with E-state index in [1.54, 1.807) is 26.8 Å². The Morgan fingerprint density at radius 1 is 1.42 bits per heavy atom. The summed E-state index contributed by atoms with van der Waals surface area (Å²) in [4.78, 5) is 21.4. The number of rotatable bonds is 3. The highest BCUT2D eigenvalue weighted by Gasteiger charge is 2.15. The Morgan fingerprint density at radius 3 is 2.25 bits per heavy atom. The van der Waals surface area contributed by atoms with E-state index >= 15 is 0 Å². The molecule has 12 heavy (non-hydrogen) atoms. The van der Waals surface area contributed by atoms with Crippen LogP contribution in [0.2, 0.25) is 0 Å². The Morgan fingerprint density at radius 2 is 1.92 bits per heavy atom. The van der Waals surface area contributed by atoms with Crippen molar-refractivity contribution in [1.82, 2.24) is 0 Å². The first kappa shape index (κ1) is 10.9. The van der Waals surface area contributed by atoms with Gasteiger partial charge in [-0.2, -0.15) is 0 Å². The molecule has 0 heterocycles. The van der Waals surface area contributed by atoms with Crippen molar-refractivity contribution < 1.29 is 14.3 Å². The molecule has 0 fully saturated rings. The minimum absolute atomic E-state index is 0.398. The lowest BCUT2D eigenvalue weighted by Crippen LogP contribution is -2.12. The Kier molecular flexibility index (Phi) is 3.67. The summed E-state index contributed by atoms with van der Waals surface area (Å²) in [6, 6.07) is 0. The van der Waals surface area contributed by atoms with Crippen LogP contribution in [-0.2, 0) is 14.3 Å². The van der Waals surface area contributed by atoms with Gasteiger partial charge in [-0.15, -0.1) is 0 Å². The summed E-state index contributed by atoms with van der Waals surface area (Å²) in [5, 5.41) is 0. The van der Waals surface area contributed by atoms with Crippen LogP contribution < -0.4 is 0 Å². The molecule has 0 spiro atoms. The first-order chi connectivity index (χ1) is 5.43. The summed E-state index contributed by atoms with van der Waals surface area (Å²) in [7, 11) is 1.31. The summed E-state index contributed by atoms with van der Waals surface area (Å²) in [6.45, 7) is 5.08. The van der Waals surface area contributed by atoms with E-state index in [9.17, 15) is 9.59 Å². The SMILES string of the molecule is COC(=O)C(C)=CC(C)(C)C=O. The summed E-state index contributed by atoms with van der Waals surface area (Å²) < 4.78 is 4.48. The molecule has 0 N–H and O–H groups in total. The number of hydrogen-bond acceptors (Lipinski definition) is 3. The van der Waals surface area contributed by atoms with E-state index in [1.165, 1.54) is 7.11 Å². The molecule has 0 aromatic rings. The van der Waals surface area contributed by atoms with Crippen molar-refractivity contribution in [2.45, 2.75) is 20.8 Å². The number of aldehydes is 1. The van der Waals surface area contributed by atoms with Gasteiger partial charge in [0.1, 0.15) is 6.29 Å². The van der Waals surface area contributed by atoms with E-state index in [0.29, 0.717) is 5.57 Å². The lowest BCUT2D eigenvalue weighted by molar-refractivity contribution is -0.136. The van der Waals surface area contributed by atoms with Gasteiger partial charge in [-0.25, -0.2) is 4.79 Å². The fourth-order valence-corrected chi connectivity index (χ4v) is 0.812. The van der Waals surface area contributed by atoms with Gasteiger partial charge < -0.3 is 9.53 Å². The molecule has 0 aromatic heterocycles. The zero-order valence-electron chi connectivity index (χ0n) is 7.88. The van der Waals surface area contributed by atoms with E-state index in [2.05, 4.69) is 4.74 Å². The summed E-state index contributed by atoms with van der Waals surface area (Å²) in [5.41, 5.74) is -0.146. The van der Waals surface area contributed by atoms with Crippen LogP contribution in [-0.4, -0.2) is 19.4 Å². The van der Waals surface area contributed by atoms with Crippen LogP contribution >= 0.6 is 0 Å². The highest BCUT2D eigenvalue weighted by molar-refractivity contribution is 5.88. The molecule has 3 heteroatoms. The summed E-state index contributed by atoms with van der Waals surface area (Å²) in [6.07, 6.45) is 2.38. The Labute approximate surface area is 72.4 Å². The molecular weight excluding hydrogens is 156 g/mol. The fraction of sp³-hybridized carbons (Fsp3) is 0.556. The first-order valence-electron chi connectivity index (χ1n) is 3.67. The Bertz CT molecular complexity index is 214. The third-order valence-corrected chi connectivity index (χ3v) is 1.40. The maximum Gasteiger partial charge on any atom is 0.333 e. The molecule has 0 saturated heterocycles. The van der Waals surface area contributed by atoms with Gasteiger partial charge in [-0.05, 0) is 20.8 Å². The topological polar surface area (TPSA) is 43.4 Å². The van der Waals surface area contributed by atoms with Crippen LogP contribution in [0.5, 0.6) is 0 Å². The predicted molar refractivity (Wildman–Crippen MR) is 45.6 cm³/mol. The van der Waals surface area contributed by atoms with Gasteiger partial charge in [-0.3, -0.25) is 0 Å². The lowest BCUT2D eigenvalue weighted by atomic mass is 9.93. The van der Waals surface area contributed by atoms with Gasteiger partial charge >= 0.3 is 5.97 Å². The maximum absolute atomic E-state index is 10.9. The molecular formula is C9H14O3. The highest BCUT2D eigenvalue weighted by Crippen LogP contribution is 2.15. The molecule has 68 valence electrons. The van der Waals surface area contributed by atoms with Crippen LogP contribution in [0.25, 0.3) is 0 Å². The number of carbonyl (C=O) groups is 2. The first-order valence-corrected chi connectivity index (χ1v) is 3.67. The quantitative estimate of drug-likeness (QED) is 0.364. The number of ether oxygens (including phenoxy) is 1. The molecule has 0 aliphatic rings. The number of allylic oxidation sites excluding steroid dienone is 1. The van der Waals surface area contributed by atoms with Crippen LogP contribution in [0.1, 0.15) is 20.8 Å². The van der Waals surface area contributed by atoms with Crippen LogP contribution in [0.15, 0.2) is 11.6 Å². The van der Waals surface area contributed by atoms with E-state index in [-0.39, 0.29) is 0 Å². The molecule has 0 amide bonds. The minimum atomic E-state index is -0.599. The smallest absolute Gasteiger partial charge is 0.333 e. The standard InChI is InChI=1S/C9H14O3/c1-7(8(11)12-4)5-9(2,3)6-10/h5-6H,1-4H3. The molecule has 0 radical (unpaired) electrons. The second kappa shape index (κ2) is 4.04. The molecule has 3 nitrogen and oxygen atoms in total. The second-order valence-corrected chi connectivity index (χ2v) is 3.26. The van der Waals surface area contributed by atoms with Crippen LogP contribution in [0.4, 0.5) is 0 Å². The van der Waals surface area contributed by atoms with Gasteiger partial charge in [0.25, 0.3) is 0 Å². The fourth-order valence-electron chi connectivity index (χ4n) is 0.812. The average molecular weight is 170 g/mol. The molecule has 0 rings (SSSR count). The number of esters is 1. The van der Waals surface area contributed by atoms with E-state index in [4.69, 9.17) is 0 Å². The van der Waals surface area contributed by atoms with Crippen LogP contribution in [0, 0.1) is 5.41 Å². The molecule has 0 saturated carbocycles. The Hall–Kier alpha value is -1.12. The van der Waals surface area contributed by atoms with Gasteiger partial charge in [0, 0.05) is 11.0 Å². The average Bonchev–Trinajstić information content (AvgIpc) is 2.02. The molecule has 0 bridgehead atoms. The van der Waals surface area contributed by atoms with Crippen molar-refractivity contribution in [3.63, 3.8) is 0 Å². The molecule has 0 unspecified atom stereocenters. The van der Waals surface area contributed by atoms with Crippen molar-refractivity contribution in [2.24, 2.45) is 5.41 Å². The molecule has 0 atom stereocenters. The van der Waals surface area contributed by atoms with Crippen LogP contribution in [0.3, 0.4) is 0 Å². The summed E-state index contributed by atoms with van der Waals surface area (Å²) in [5.74, 6) is -0.398. The van der Waals surface area contributed by atoms with Gasteiger partial charge in [0.15, 0.2) is 0 Å². The summed E-state index contributed by atoms with van der Waals surface area (Å²) >= 11 is 0. The number of carbonyl (C=O) groups excluding carboxylic acids is 2. The largest absolute Gasteiger partial charge is 0.466 e. The van der Waals surface area contributed by atoms with Crippen molar-refractivity contribution in [2.75, 3.05) is 7.11 Å². The number of hydrogen-bond donors (Lipinski definition) is 0. The monoisotopic (exact) mass is 170 g/mol. The second-order valence-electron chi connectivity index (χ2n) is 3.26. The van der Waals surface area contributed by atoms with Crippen molar-refractivity contribution >= 4 is 12.3 Å². The molecule has 0 aliphatic carbocycles. The van der Waals surface area contributed by atoms with Crippen molar-refractivity contribution in [3.8, 4) is 0 Å². The van der Waals surface area contributed by atoms with Gasteiger partial charge in [0.2, 0.25) is 0 Å².